The Morgan fingerprint density at radius 3 is 1.83 bits per heavy atom. The maximum Gasteiger partial charge on any atom is 0.359 e. The van der Waals surface area contributed by atoms with Crippen LogP contribution in [0.1, 0.15) is 99.3 Å². The van der Waals surface area contributed by atoms with E-state index in [4.69, 9.17) is 14.6 Å². The Morgan fingerprint density at radius 2 is 1.39 bits per heavy atom. The third kappa shape index (κ3) is 9.30. The molecule has 0 amide bonds. The largest absolute Gasteiger partial charge is 0.477 e. The molecule has 1 saturated carbocycles. The predicted octanol–water partition coefficient (Wildman–Crippen LogP) is 5.97. The highest BCUT2D eigenvalue weighted by molar-refractivity contribution is 9.10. The number of hydrogen-bond acceptors (Lipinski definition) is 5. The summed E-state index contributed by atoms with van der Waals surface area (Å²) >= 11 is 3.71. The molecule has 2 atom stereocenters. The number of carbonyl (C=O) groups excluding carboxylic acids is 2. The number of halogens is 1. The Hall–Kier alpha value is -1.15. The van der Waals surface area contributed by atoms with E-state index in [1.54, 1.807) is 14.1 Å². The first-order valence-corrected chi connectivity index (χ1v) is 14.4. The van der Waals surface area contributed by atoms with E-state index in [2.05, 4.69) is 15.9 Å². The second kappa shape index (κ2) is 13.6. The summed E-state index contributed by atoms with van der Waals surface area (Å²) in [5.41, 5.74) is -1.97. The third-order valence-electron chi connectivity index (χ3n) is 8.45. The summed E-state index contributed by atoms with van der Waals surface area (Å²) < 4.78 is 11.3. The van der Waals surface area contributed by atoms with Gasteiger partial charge >= 0.3 is 17.9 Å². The second-order valence-electron chi connectivity index (χ2n) is 12.5. The van der Waals surface area contributed by atoms with Crippen LogP contribution in [0.4, 0.5) is 0 Å². The topological polar surface area (TPSA) is 89.9 Å². The van der Waals surface area contributed by atoms with Gasteiger partial charge in [0.1, 0.15) is 19.3 Å². The van der Waals surface area contributed by atoms with Crippen LogP contribution in [0, 0.1) is 16.7 Å². The fourth-order valence-corrected chi connectivity index (χ4v) is 5.51. The van der Waals surface area contributed by atoms with Gasteiger partial charge in [0.15, 0.2) is 6.54 Å². The first-order valence-electron chi connectivity index (χ1n) is 13.6. The van der Waals surface area contributed by atoms with Crippen LogP contribution < -0.4 is 0 Å². The van der Waals surface area contributed by atoms with Gasteiger partial charge in [-0.2, -0.15) is 0 Å². The number of carboxylic acid groups (broad SMARTS) is 1. The Bertz CT molecular complexity index is 735. The number of likely N-dealkylation sites (N-methyl/N-ethyl adjacent to an activating group) is 1. The molecule has 8 heteroatoms. The van der Waals surface area contributed by atoms with E-state index in [0.717, 1.165) is 25.7 Å². The van der Waals surface area contributed by atoms with E-state index < -0.39 is 33.0 Å². The number of esters is 2. The number of carboxylic acids is 1. The molecule has 0 spiro atoms. The van der Waals surface area contributed by atoms with Gasteiger partial charge in [-0.25, -0.2) is 4.79 Å². The van der Waals surface area contributed by atoms with Gasteiger partial charge in [-0.15, -0.1) is 0 Å². The summed E-state index contributed by atoms with van der Waals surface area (Å²) in [6, 6.07) is 0. The van der Waals surface area contributed by atoms with E-state index in [1.165, 1.54) is 32.1 Å². The van der Waals surface area contributed by atoms with E-state index in [1.807, 2.05) is 41.5 Å². The third-order valence-corrected chi connectivity index (χ3v) is 9.28. The molecule has 1 N–H and O–H groups in total. The molecule has 36 heavy (non-hydrogen) atoms. The highest BCUT2D eigenvalue weighted by Crippen LogP contribution is 2.52. The van der Waals surface area contributed by atoms with Crippen LogP contribution in [0.3, 0.4) is 0 Å². The summed E-state index contributed by atoms with van der Waals surface area (Å²) in [5, 5.41) is 9.11. The van der Waals surface area contributed by atoms with Crippen molar-refractivity contribution < 1.29 is 33.4 Å². The van der Waals surface area contributed by atoms with E-state index in [-0.39, 0.29) is 29.7 Å². The number of alkyl halides is 1. The van der Waals surface area contributed by atoms with E-state index >= 15 is 0 Å². The fraction of sp³-hybridized carbons (Fsp3) is 0.893. The maximum atomic E-state index is 13.5. The zero-order valence-corrected chi connectivity index (χ0v) is 25.5. The number of aliphatic carboxylic acids is 1. The number of carbonyl (C=O) groups is 3. The lowest BCUT2D eigenvalue weighted by molar-refractivity contribution is -0.883. The predicted molar refractivity (Wildman–Crippen MR) is 146 cm³/mol. The molecule has 1 aliphatic rings. The van der Waals surface area contributed by atoms with Crippen molar-refractivity contribution in [3.05, 3.63) is 0 Å². The van der Waals surface area contributed by atoms with Gasteiger partial charge in [0.2, 0.25) is 0 Å². The normalized spacial score (nSPS) is 19.6. The van der Waals surface area contributed by atoms with Crippen LogP contribution >= 0.6 is 15.9 Å². The standard InChI is InChI=1S/C28H50BrNO6/c1-21(26(2,3)24(33)36-22-16-14-12-10-9-11-13-15-17-22)28(6,27(4,5)29)25(34)35-19-18-30(7,8)20-23(31)32/h21-22H,9-20H2,1-8H3/p+1. The molecular weight excluding hydrogens is 526 g/mol. The smallest absolute Gasteiger partial charge is 0.359 e. The Labute approximate surface area is 227 Å². The van der Waals surface area contributed by atoms with E-state index in [0.29, 0.717) is 6.54 Å². The van der Waals surface area contributed by atoms with Crippen molar-refractivity contribution in [2.75, 3.05) is 33.8 Å². The van der Waals surface area contributed by atoms with Crippen molar-refractivity contribution in [3.8, 4) is 0 Å². The summed E-state index contributed by atoms with van der Waals surface area (Å²) in [7, 11) is 3.58. The second-order valence-corrected chi connectivity index (χ2v) is 14.5. The van der Waals surface area contributed by atoms with Crippen molar-refractivity contribution >= 4 is 33.8 Å². The first kappa shape index (κ1) is 32.9. The van der Waals surface area contributed by atoms with Crippen LogP contribution in [0.25, 0.3) is 0 Å². The Morgan fingerprint density at radius 1 is 0.917 bits per heavy atom. The highest BCUT2D eigenvalue weighted by atomic mass is 79.9. The molecule has 1 aliphatic carbocycles. The highest BCUT2D eigenvalue weighted by Gasteiger charge is 2.57. The fourth-order valence-electron chi connectivity index (χ4n) is 5.01. The average molecular weight is 578 g/mol. The molecule has 2 unspecified atom stereocenters. The lowest BCUT2D eigenvalue weighted by Gasteiger charge is -2.47. The van der Waals surface area contributed by atoms with Gasteiger partial charge in [-0.3, -0.25) is 9.59 Å². The molecule has 1 fully saturated rings. The molecule has 0 bridgehead atoms. The molecule has 0 heterocycles. The van der Waals surface area contributed by atoms with Crippen molar-refractivity contribution in [1.82, 2.24) is 0 Å². The van der Waals surface area contributed by atoms with Crippen LogP contribution in [0.15, 0.2) is 0 Å². The summed E-state index contributed by atoms with van der Waals surface area (Å²) in [4.78, 5) is 38.2. The molecule has 0 saturated heterocycles. The summed E-state index contributed by atoms with van der Waals surface area (Å²) in [6.45, 7) is 11.7. The number of ether oxygens (including phenoxy) is 2. The van der Waals surface area contributed by atoms with Crippen molar-refractivity contribution in [2.45, 2.75) is 110 Å². The summed E-state index contributed by atoms with van der Waals surface area (Å²) in [5.74, 6) is -1.98. The van der Waals surface area contributed by atoms with Crippen molar-refractivity contribution in [3.63, 3.8) is 0 Å². The molecule has 1 rings (SSSR count). The van der Waals surface area contributed by atoms with Crippen LogP contribution in [0.2, 0.25) is 0 Å². The van der Waals surface area contributed by atoms with Gasteiger partial charge in [-0.1, -0.05) is 55.0 Å². The zero-order chi connectivity index (χ0) is 27.8. The quantitative estimate of drug-likeness (QED) is 0.185. The van der Waals surface area contributed by atoms with Gasteiger partial charge < -0.3 is 19.1 Å². The minimum absolute atomic E-state index is 0.0603. The Balaban J connectivity index is 2.99. The minimum atomic E-state index is -1.05. The van der Waals surface area contributed by atoms with Crippen LogP contribution in [0.5, 0.6) is 0 Å². The van der Waals surface area contributed by atoms with Crippen LogP contribution in [-0.4, -0.2) is 71.7 Å². The SMILES string of the molecule is CC(C(C)(C)C(=O)OC1CCCCCCCCC1)C(C)(C(=O)OCC[N+](C)(C)CC(=O)O)C(C)(C)Br. The molecule has 0 aromatic carbocycles. The van der Waals surface area contributed by atoms with Crippen LogP contribution in [-0.2, 0) is 23.9 Å². The average Bonchev–Trinajstić information content (AvgIpc) is 2.74. The molecule has 0 aromatic rings. The first-order chi connectivity index (χ1) is 16.4. The summed E-state index contributed by atoms with van der Waals surface area (Å²) in [6.07, 6.45) is 10.00. The number of quaternary nitrogens is 1. The molecule has 0 aliphatic heterocycles. The molecular formula is C28H51BrNO6+. The van der Waals surface area contributed by atoms with Gasteiger partial charge in [0.25, 0.3) is 0 Å². The van der Waals surface area contributed by atoms with E-state index in [9.17, 15) is 14.4 Å². The number of rotatable bonds is 11. The van der Waals surface area contributed by atoms with Gasteiger partial charge in [-0.05, 0) is 66.2 Å². The van der Waals surface area contributed by atoms with Gasteiger partial charge in [0.05, 0.1) is 24.9 Å². The van der Waals surface area contributed by atoms with Gasteiger partial charge in [0, 0.05) is 4.32 Å². The number of nitrogens with zero attached hydrogens (tertiary/aromatic N) is 1. The number of hydrogen-bond donors (Lipinski definition) is 1. The molecule has 210 valence electrons. The lowest BCUT2D eigenvalue weighted by Crippen LogP contribution is -2.55. The minimum Gasteiger partial charge on any atom is -0.477 e. The molecule has 0 radical (unpaired) electrons. The van der Waals surface area contributed by atoms with Crippen molar-refractivity contribution in [1.29, 1.82) is 0 Å². The Kier molecular flexibility index (Phi) is 12.4. The monoisotopic (exact) mass is 576 g/mol. The maximum absolute atomic E-state index is 13.5. The van der Waals surface area contributed by atoms with Crippen molar-refractivity contribution in [2.24, 2.45) is 16.7 Å². The molecule has 7 nitrogen and oxygen atoms in total. The lowest BCUT2D eigenvalue weighted by atomic mass is 9.60. The molecule has 0 aromatic heterocycles. The zero-order valence-electron chi connectivity index (χ0n) is 24.0.